The Bertz CT molecular complexity index is 491. The number of rotatable bonds is 1. The molecule has 2 unspecified atom stereocenters. The minimum Gasteiger partial charge on any atom is -0.393 e. The van der Waals surface area contributed by atoms with Gasteiger partial charge >= 0.3 is 0 Å². The summed E-state index contributed by atoms with van der Waals surface area (Å²) in [5, 5.41) is 13.1. The summed E-state index contributed by atoms with van der Waals surface area (Å²) in [5.74, 6) is 0. The first kappa shape index (κ1) is 10.3. The third-order valence-electron chi connectivity index (χ3n) is 3.11. The molecule has 1 aliphatic rings. The second-order valence-electron chi connectivity index (χ2n) is 4.22. The summed E-state index contributed by atoms with van der Waals surface area (Å²) >= 11 is 1.75. The van der Waals surface area contributed by atoms with E-state index < -0.39 is 0 Å². The van der Waals surface area contributed by atoms with E-state index in [4.69, 9.17) is 4.74 Å². The van der Waals surface area contributed by atoms with Crippen LogP contribution in [0.25, 0.3) is 10.1 Å². The average Bonchev–Trinajstić information content (AvgIpc) is 2.72. The second kappa shape index (κ2) is 4.17. The van der Waals surface area contributed by atoms with E-state index in [1.54, 1.807) is 11.3 Å². The summed E-state index contributed by atoms with van der Waals surface area (Å²) in [5.41, 5.74) is 1.24. The van der Waals surface area contributed by atoms with Crippen LogP contribution in [0.5, 0.6) is 0 Å². The summed E-state index contributed by atoms with van der Waals surface area (Å²) < 4.78 is 7.04. The number of fused-ring (bicyclic) bond motifs is 1. The van der Waals surface area contributed by atoms with Gasteiger partial charge in [0.15, 0.2) is 0 Å². The summed E-state index contributed by atoms with van der Waals surface area (Å²) in [7, 11) is 0. The highest BCUT2D eigenvalue weighted by atomic mass is 32.1. The Balaban J connectivity index is 1.99. The van der Waals surface area contributed by atoms with E-state index in [2.05, 4.69) is 29.6 Å². The number of aliphatic hydroxyl groups excluding tert-OH is 1. The van der Waals surface area contributed by atoms with Gasteiger partial charge in [0, 0.05) is 17.7 Å². The Morgan fingerprint density at radius 2 is 2.19 bits per heavy atom. The number of ether oxygens (including phenoxy) is 1. The molecule has 1 N–H and O–H groups in total. The number of aliphatic hydroxyl groups is 1. The first-order valence-electron chi connectivity index (χ1n) is 5.60. The van der Waals surface area contributed by atoms with Gasteiger partial charge in [-0.05, 0) is 28.8 Å². The minimum atomic E-state index is -0.211. The summed E-state index contributed by atoms with van der Waals surface area (Å²) in [6.07, 6.45) is 1.34. The molecule has 2 nitrogen and oxygen atoms in total. The van der Waals surface area contributed by atoms with Crippen molar-refractivity contribution in [2.75, 3.05) is 6.61 Å². The summed E-state index contributed by atoms with van der Waals surface area (Å²) in [4.78, 5) is 0. The molecule has 3 rings (SSSR count). The molecular weight excluding hydrogens is 220 g/mol. The van der Waals surface area contributed by atoms with Gasteiger partial charge in [-0.2, -0.15) is 0 Å². The van der Waals surface area contributed by atoms with Crippen LogP contribution in [-0.4, -0.2) is 17.8 Å². The van der Waals surface area contributed by atoms with Gasteiger partial charge in [-0.1, -0.05) is 18.2 Å². The molecule has 0 bridgehead atoms. The number of hydrogen-bond donors (Lipinski definition) is 1. The molecule has 1 aromatic heterocycles. The summed E-state index contributed by atoms with van der Waals surface area (Å²) in [6.45, 7) is 0.663. The normalized spacial score (nSPS) is 26.1. The molecule has 2 heterocycles. The van der Waals surface area contributed by atoms with E-state index >= 15 is 0 Å². The third kappa shape index (κ3) is 1.75. The van der Waals surface area contributed by atoms with Gasteiger partial charge in [0.2, 0.25) is 0 Å². The lowest BCUT2D eigenvalue weighted by Gasteiger charge is -2.26. The molecule has 0 spiro atoms. The van der Waals surface area contributed by atoms with E-state index in [9.17, 15) is 5.11 Å². The Morgan fingerprint density at radius 3 is 3.06 bits per heavy atom. The Hall–Kier alpha value is -0.900. The number of thiophene rings is 1. The first-order chi connectivity index (χ1) is 7.84. The van der Waals surface area contributed by atoms with Gasteiger partial charge in [-0.3, -0.25) is 0 Å². The lowest BCUT2D eigenvalue weighted by molar-refractivity contribution is -0.0439. The van der Waals surface area contributed by atoms with Crippen LogP contribution in [0, 0.1) is 0 Å². The monoisotopic (exact) mass is 234 g/mol. The molecule has 2 aromatic rings. The van der Waals surface area contributed by atoms with E-state index in [0.717, 1.165) is 12.8 Å². The highest BCUT2D eigenvalue weighted by Gasteiger charge is 2.24. The zero-order valence-corrected chi connectivity index (χ0v) is 9.74. The van der Waals surface area contributed by atoms with Gasteiger partial charge in [0.05, 0.1) is 12.2 Å². The van der Waals surface area contributed by atoms with E-state index in [-0.39, 0.29) is 12.2 Å². The van der Waals surface area contributed by atoms with Crippen molar-refractivity contribution in [2.45, 2.75) is 25.0 Å². The highest BCUT2D eigenvalue weighted by Crippen LogP contribution is 2.36. The molecule has 84 valence electrons. The predicted octanol–water partition coefficient (Wildman–Crippen LogP) is 3.11. The van der Waals surface area contributed by atoms with Gasteiger partial charge in [0.25, 0.3) is 0 Å². The molecule has 16 heavy (non-hydrogen) atoms. The van der Waals surface area contributed by atoms with Crippen LogP contribution in [0.4, 0.5) is 0 Å². The topological polar surface area (TPSA) is 29.5 Å². The van der Waals surface area contributed by atoms with E-state index in [1.807, 2.05) is 0 Å². The molecule has 0 radical (unpaired) electrons. The summed E-state index contributed by atoms with van der Waals surface area (Å²) in [6, 6.07) is 8.37. The van der Waals surface area contributed by atoms with Crippen molar-refractivity contribution in [3.63, 3.8) is 0 Å². The largest absolute Gasteiger partial charge is 0.393 e. The standard InChI is InChI=1S/C13H14O2S/c14-9-5-6-15-12(7-9)11-8-16-13-4-2-1-3-10(11)13/h1-4,8-9,12,14H,5-7H2. The molecule has 0 aliphatic carbocycles. The average molecular weight is 234 g/mol. The van der Waals surface area contributed by atoms with E-state index in [0.29, 0.717) is 6.61 Å². The predicted molar refractivity (Wildman–Crippen MR) is 65.8 cm³/mol. The lowest BCUT2D eigenvalue weighted by Crippen LogP contribution is -2.23. The number of benzene rings is 1. The maximum absolute atomic E-state index is 9.67. The van der Waals surface area contributed by atoms with Crippen LogP contribution in [0.3, 0.4) is 0 Å². The van der Waals surface area contributed by atoms with Gasteiger partial charge in [0.1, 0.15) is 0 Å². The highest BCUT2D eigenvalue weighted by molar-refractivity contribution is 7.17. The Kier molecular flexibility index (Phi) is 2.67. The Labute approximate surface area is 98.5 Å². The maximum Gasteiger partial charge on any atom is 0.0863 e. The van der Waals surface area contributed by atoms with Crippen LogP contribution in [-0.2, 0) is 4.74 Å². The molecular formula is C13H14O2S. The number of hydrogen-bond acceptors (Lipinski definition) is 3. The smallest absolute Gasteiger partial charge is 0.0863 e. The van der Waals surface area contributed by atoms with Gasteiger partial charge in [-0.15, -0.1) is 11.3 Å². The quantitative estimate of drug-likeness (QED) is 0.821. The fourth-order valence-electron chi connectivity index (χ4n) is 2.24. The second-order valence-corrected chi connectivity index (χ2v) is 5.14. The van der Waals surface area contributed by atoms with Crippen molar-refractivity contribution in [2.24, 2.45) is 0 Å². The molecule has 2 atom stereocenters. The lowest BCUT2D eigenvalue weighted by atomic mass is 9.99. The fourth-order valence-corrected chi connectivity index (χ4v) is 3.25. The molecule has 1 aromatic carbocycles. The van der Waals surface area contributed by atoms with Crippen molar-refractivity contribution in [1.29, 1.82) is 0 Å². The van der Waals surface area contributed by atoms with Gasteiger partial charge < -0.3 is 9.84 Å². The zero-order chi connectivity index (χ0) is 11.0. The van der Waals surface area contributed by atoms with Crippen LogP contribution in [0.2, 0.25) is 0 Å². The van der Waals surface area contributed by atoms with Crippen molar-refractivity contribution < 1.29 is 9.84 Å². The van der Waals surface area contributed by atoms with Crippen molar-refractivity contribution >= 4 is 21.4 Å². The minimum absolute atomic E-state index is 0.0694. The van der Waals surface area contributed by atoms with Crippen molar-refractivity contribution in [1.82, 2.24) is 0 Å². The van der Waals surface area contributed by atoms with Crippen molar-refractivity contribution in [3.05, 3.63) is 35.2 Å². The zero-order valence-electron chi connectivity index (χ0n) is 8.93. The van der Waals surface area contributed by atoms with Gasteiger partial charge in [-0.25, -0.2) is 0 Å². The van der Waals surface area contributed by atoms with Crippen LogP contribution >= 0.6 is 11.3 Å². The molecule has 3 heteroatoms. The van der Waals surface area contributed by atoms with Crippen LogP contribution in [0.15, 0.2) is 29.6 Å². The first-order valence-corrected chi connectivity index (χ1v) is 6.48. The molecule has 0 saturated carbocycles. The molecule has 1 saturated heterocycles. The fraction of sp³-hybridized carbons (Fsp3) is 0.385. The third-order valence-corrected chi connectivity index (χ3v) is 4.10. The molecule has 0 amide bonds. The molecule has 1 fully saturated rings. The van der Waals surface area contributed by atoms with Crippen LogP contribution in [0.1, 0.15) is 24.5 Å². The van der Waals surface area contributed by atoms with Crippen molar-refractivity contribution in [3.8, 4) is 0 Å². The van der Waals surface area contributed by atoms with Crippen LogP contribution < -0.4 is 0 Å². The SMILES string of the molecule is OC1CCOC(c2csc3ccccc23)C1. The molecule has 1 aliphatic heterocycles. The Morgan fingerprint density at radius 1 is 1.31 bits per heavy atom. The van der Waals surface area contributed by atoms with E-state index in [1.165, 1.54) is 15.6 Å². The maximum atomic E-state index is 9.67.